The first kappa shape index (κ1) is 14.4. The van der Waals surface area contributed by atoms with Gasteiger partial charge in [0.15, 0.2) is 23.2 Å². The zero-order chi connectivity index (χ0) is 14.0. The third kappa shape index (κ3) is 2.61. The van der Waals surface area contributed by atoms with Crippen molar-refractivity contribution < 1.29 is 32.2 Å². The van der Waals surface area contributed by atoms with Gasteiger partial charge in [-0.2, -0.15) is 8.78 Å². The molecule has 100 valence electrons. The summed E-state index contributed by atoms with van der Waals surface area (Å²) in [5, 5.41) is 9.04. The smallest absolute Gasteiger partial charge is 0.204 e. The molecule has 0 spiro atoms. The highest BCUT2D eigenvalue weighted by Gasteiger charge is 2.28. The standard InChI is InChI=1S/C11H10F4O3/c1-4(16)3-18-11-9(14)7(12)6(5(2)17)8(13)10(11)15/h5,17H,3H2,1-2H3. The van der Waals surface area contributed by atoms with Crippen LogP contribution >= 0.6 is 0 Å². The largest absolute Gasteiger partial charge is 0.480 e. The van der Waals surface area contributed by atoms with Crippen LogP contribution in [-0.4, -0.2) is 17.5 Å². The van der Waals surface area contributed by atoms with E-state index in [0.29, 0.717) is 0 Å². The molecule has 1 unspecified atom stereocenters. The van der Waals surface area contributed by atoms with Crippen LogP contribution < -0.4 is 4.74 Å². The molecule has 0 aliphatic carbocycles. The Bertz CT molecular complexity index is 457. The maximum absolute atomic E-state index is 13.4. The van der Waals surface area contributed by atoms with Crippen LogP contribution in [0.2, 0.25) is 0 Å². The molecule has 0 radical (unpaired) electrons. The average Bonchev–Trinajstić information content (AvgIpc) is 2.26. The molecule has 1 N–H and O–H groups in total. The molecule has 0 aliphatic rings. The van der Waals surface area contributed by atoms with Crippen LogP contribution in [0.15, 0.2) is 0 Å². The summed E-state index contributed by atoms with van der Waals surface area (Å²) in [6.45, 7) is 1.31. The molecule has 0 heterocycles. The second kappa shape index (κ2) is 5.34. The van der Waals surface area contributed by atoms with Gasteiger partial charge in [-0.15, -0.1) is 0 Å². The Morgan fingerprint density at radius 1 is 1.17 bits per heavy atom. The van der Waals surface area contributed by atoms with Gasteiger partial charge in [-0.3, -0.25) is 4.79 Å². The zero-order valence-electron chi connectivity index (χ0n) is 9.56. The van der Waals surface area contributed by atoms with E-state index in [0.717, 1.165) is 13.8 Å². The van der Waals surface area contributed by atoms with Crippen LogP contribution in [0, 0.1) is 23.3 Å². The van der Waals surface area contributed by atoms with Gasteiger partial charge < -0.3 is 9.84 Å². The van der Waals surface area contributed by atoms with Gasteiger partial charge in [0.1, 0.15) is 6.61 Å². The van der Waals surface area contributed by atoms with Crippen molar-refractivity contribution in [2.45, 2.75) is 20.0 Å². The van der Waals surface area contributed by atoms with E-state index in [1.807, 2.05) is 0 Å². The average molecular weight is 266 g/mol. The first-order valence-electron chi connectivity index (χ1n) is 4.93. The lowest BCUT2D eigenvalue weighted by Gasteiger charge is -2.13. The van der Waals surface area contributed by atoms with E-state index in [4.69, 9.17) is 5.11 Å². The Balaban J connectivity index is 3.34. The Labute approximate surface area is 100.0 Å². The molecule has 3 nitrogen and oxygen atoms in total. The summed E-state index contributed by atoms with van der Waals surface area (Å²) in [4.78, 5) is 10.6. The first-order chi connectivity index (χ1) is 8.27. The van der Waals surface area contributed by atoms with E-state index in [1.165, 1.54) is 0 Å². The van der Waals surface area contributed by atoms with Crippen molar-refractivity contribution in [2.24, 2.45) is 0 Å². The number of Topliss-reactive ketones (excluding diaryl/α,β-unsaturated/α-hetero) is 1. The van der Waals surface area contributed by atoms with E-state index in [2.05, 4.69) is 4.74 Å². The van der Waals surface area contributed by atoms with E-state index >= 15 is 0 Å². The number of benzene rings is 1. The zero-order valence-corrected chi connectivity index (χ0v) is 9.56. The van der Waals surface area contributed by atoms with Crippen molar-refractivity contribution in [3.8, 4) is 5.75 Å². The fourth-order valence-corrected chi connectivity index (χ4v) is 1.30. The normalized spacial score (nSPS) is 12.4. The Hall–Kier alpha value is -1.63. The van der Waals surface area contributed by atoms with Crippen LogP contribution in [0.3, 0.4) is 0 Å². The van der Waals surface area contributed by atoms with Gasteiger partial charge in [0.2, 0.25) is 11.6 Å². The number of hydrogen-bond donors (Lipinski definition) is 1. The Kier molecular flexibility index (Phi) is 4.28. The molecule has 0 bridgehead atoms. The van der Waals surface area contributed by atoms with Crippen molar-refractivity contribution in [1.82, 2.24) is 0 Å². The summed E-state index contributed by atoms with van der Waals surface area (Å²) in [5.41, 5.74) is -1.12. The summed E-state index contributed by atoms with van der Waals surface area (Å²) in [6.07, 6.45) is -1.73. The number of aliphatic hydroxyl groups is 1. The minimum atomic E-state index is -1.79. The molecule has 1 aromatic carbocycles. The second-order valence-electron chi connectivity index (χ2n) is 3.67. The molecule has 0 aliphatic heterocycles. The minimum absolute atomic E-state index is 0.575. The molecular formula is C11H10F4O3. The van der Waals surface area contributed by atoms with Gasteiger partial charge in [0, 0.05) is 0 Å². The van der Waals surface area contributed by atoms with E-state index in [-0.39, 0.29) is 0 Å². The highest BCUT2D eigenvalue weighted by atomic mass is 19.2. The first-order valence-corrected chi connectivity index (χ1v) is 4.93. The number of rotatable bonds is 4. The fourth-order valence-electron chi connectivity index (χ4n) is 1.30. The Morgan fingerprint density at radius 3 is 1.94 bits per heavy atom. The highest BCUT2D eigenvalue weighted by Crippen LogP contribution is 2.32. The third-order valence-electron chi connectivity index (χ3n) is 2.09. The summed E-state index contributed by atoms with van der Waals surface area (Å²) in [6, 6.07) is 0. The molecule has 7 heteroatoms. The molecule has 0 amide bonds. The second-order valence-corrected chi connectivity index (χ2v) is 3.67. The van der Waals surface area contributed by atoms with Crippen LogP contribution in [-0.2, 0) is 4.79 Å². The van der Waals surface area contributed by atoms with Crippen molar-refractivity contribution >= 4 is 5.78 Å². The lowest BCUT2D eigenvalue weighted by atomic mass is 10.1. The van der Waals surface area contributed by atoms with Crippen molar-refractivity contribution in [1.29, 1.82) is 0 Å². The topological polar surface area (TPSA) is 46.5 Å². The monoisotopic (exact) mass is 266 g/mol. The van der Waals surface area contributed by atoms with Gasteiger partial charge in [-0.25, -0.2) is 8.78 Å². The minimum Gasteiger partial charge on any atom is -0.480 e. The maximum Gasteiger partial charge on any atom is 0.204 e. The molecule has 1 aromatic rings. The highest BCUT2D eigenvalue weighted by molar-refractivity contribution is 5.77. The summed E-state index contributed by atoms with van der Waals surface area (Å²) < 4.78 is 57.9. The number of ketones is 1. The van der Waals surface area contributed by atoms with E-state index < -0.39 is 53.1 Å². The molecule has 0 fully saturated rings. The van der Waals surface area contributed by atoms with Gasteiger partial charge >= 0.3 is 0 Å². The van der Waals surface area contributed by atoms with Crippen LogP contribution in [0.4, 0.5) is 17.6 Å². The summed E-state index contributed by atoms with van der Waals surface area (Å²) in [5.74, 6) is -8.96. The van der Waals surface area contributed by atoms with Crippen LogP contribution in [0.1, 0.15) is 25.5 Å². The van der Waals surface area contributed by atoms with Crippen molar-refractivity contribution in [2.75, 3.05) is 6.61 Å². The van der Waals surface area contributed by atoms with Gasteiger partial charge in [-0.1, -0.05) is 0 Å². The summed E-state index contributed by atoms with van der Waals surface area (Å²) >= 11 is 0. The lowest BCUT2D eigenvalue weighted by Crippen LogP contribution is -2.13. The summed E-state index contributed by atoms with van der Waals surface area (Å²) in [7, 11) is 0. The predicted octanol–water partition coefficient (Wildman–Crippen LogP) is 2.26. The molecule has 1 rings (SSSR count). The molecule has 0 aromatic heterocycles. The van der Waals surface area contributed by atoms with Gasteiger partial charge in [-0.05, 0) is 13.8 Å². The van der Waals surface area contributed by atoms with E-state index in [1.54, 1.807) is 0 Å². The van der Waals surface area contributed by atoms with Gasteiger partial charge in [0.25, 0.3) is 0 Å². The molecule has 1 atom stereocenters. The van der Waals surface area contributed by atoms with Crippen molar-refractivity contribution in [3.05, 3.63) is 28.8 Å². The number of ether oxygens (including phenoxy) is 1. The van der Waals surface area contributed by atoms with Crippen LogP contribution in [0.5, 0.6) is 5.75 Å². The SMILES string of the molecule is CC(=O)COc1c(F)c(F)c(C(C)O)c(F)c1F. The molecule has 0 saturated heterocycles. The molecule has 0 saturated carbocycles. The maximum atomic E-state index is 13.4. The quantitative estimate of drug-likeness (QED) is 0.671. The molecule has 18 heavy (non-hydrogen) atoms. The predicted molar refractivity (Wildman–Crippen MR) is 53.1 cm³/mol. The lowest BCUT2D eigenvalue weighted by molar-refractivity contribution is -0.119. The molecular weight excluding hydrogens is 256 g/mol. The number of carbonyl (C=O) groups is 1. The van der Waals surface area contributed by atoms with Crippen molar-refractivity contribution in [3.63, 3.8) is 0 Å². The number of halogens is 4. The number of hydrogen-bond acceptors (Lipinski definition) is 3. The fraction of sp³-hybridized carbons (Fsp3) is 0.364. The van der Waals surface area contributed by atoms with Gasteiger partial charge in [0.05, 0.1) is 11.7 Å². The third-order valence-corrected chi connectivity index (χ3v) is 2.09. The van der Waals surface area contributed by atoms with Crippen LogP contribution in [0.25, 0.3) is 0 Å². The van der Waals surface area contributed by atoms with E-state index in [9.17, 15) is 22.4 Å². The number of carbonyl (C=O) groups excluding carboxylic acids is 1. The Morgan fingerprint density at radius 2 is 1.61 bits per heavy atom. The number of aliphatic hydroxyl groups excluding tert-OH is 1.